The van der Waals surface area contributed by atoms with Crippen LogP contribution in [0.2, 0.25) is 0 Å². The number of carbonyl (C=O) groups is 2. The Hall–Kier alpha value is -3.87. The number of hydrogen-bond acceptors (Lipinski definition) is 5. The lowest BCUT2D eigenvalue weighted by molar-refractivity contribution is 0.0713. The van der Waals surface area contributed by atoms with Gasteiger partial charge in [0.2, 0.25) is 0 Å². The Labute approximate surface area is 219 Å². The normalized spacial score (nSPS) is 16.1. The summed E-state index contributed by atoms with van der Waals surface area (Å²) >= 11 is 0. The first-order chi connectivity index (χ1) is 18.0. The van der Waals surface area contributed by atoms with E-state index in [4.69, 9.17) is 4.74 Å². The van der Waals surface area contributed by atoms with Gasteiger partial charge in [-0.25, -0.2) is 4.98 Å². The molecule has 2 aliphatic rings. The fourth-order valence-corrected chi connectivity index (χ4v) is 5.27. The molecule has 37 heavy (non-hydrogen) atoms. The molecule has 2 aliphatic heterocycles. The van der Waals surface area contributed by atoms with Crippen molar-refractivity contribution in [3.8, 4) is 5.75 Å². The van der Waals surface area contributed by atoms with Crippen LogP contribution in [0.15, 0.2) is 60.8 Å². The van der Waals surface area contributed by atoms with Crippen LogP contribution in [-0.2, 0) is 0 Å². The fourth-order valence-electron chi connectivity index (χ4n) is 5.27. The lowest BCUT2D eigenvalue weighted by atomic mass is 9.89. The molecule has 7 heteroatoms. The largest absolute Gasteiger partial charge is 0.497 e. The maximum atomic E-state index is 13.3. The van der Waals surface area contributed by atoms with Crippen molar-refractivity contribution in [2.75, 3.05) is 43.5 Å². The fraction of sp³-hybridized carbons (Fsp3) is 0.367. The molecule has 1 aromatic heterocycles. The Kier molecular flexibility index (Phi) is 7.40. The van der Waals surface area contributed by atoms with E-state index in [2.05, 4.69) is 27.3 Å². The second-order valence-electron chi connectivity index (χ2n) is 9.92. The number of anilines is 2. The van der Waals surface area contributed by atoms with Gasteiger partial charge in [0.15, 0.2) is 0 Å². The van der Waals surface area contributed by atoms with Gasteiger partial charge in [-0.05, 0) is 86.1 Å². The van der Waals surface area contributed by atoms with E-state index in [0.29, 0.717) is 35.8 Å². The first-order valence-electron chi connectivity index (χ1n) is 13.1. The van der Waals surface area contributed by atoms with Crippen molar-refractivity contribution in [3.05, 3.63) is 83.0 Å². The highest BCUT2D eigenvalue weighted by Gasteiger charge is 2.25. The van der Waals surface area contributed by atoms with Gasteiger partial charge < -0.3 is 19.9 Å². The maximum absolute atomic E-state index is 13.3. The summed E-state index contributed by atoms with van der Waals surface area (Å²) in [5.74, 6) is 1.96. The first kappa shape index (κ1) is 24.8. The minimum absolute atomic E-state index is 0. The summed E-state index contributed by atoms with van der Waals surface area (Å²) in [5.41, 5.74) is 3.80. The van der Waals surface area contributed by atoms with Crippen molar-refractivity contribution >= 4 is 23.3 Å². The maximum Gasteiger partial charge on any atom is 0.255 e. The lowest BCUT2D eigenvalue weighted by Gasteiger charge is -2.32. The number of benzene rings is 2. The molecule has 3 heterocycles. The van der Waals surface area contributed by atoms with Gasteiger partial charge in [0.1, 0.15) is 11.6 Å². The van der Waals surface area contributed by atoms with E-state index >= 15 is 0 Å². The Balaban J connectivity index is 0.00000336. The molecule has 7 nitrogen and oxygen atoms in total. The number of ether oxygens (including phenoxy) is 1. The number of aryl methyl sites for hydroxylation is 1. The van der Waals surface area contributed by atoms with Crippen LogP contribution in [-0.4, -0.2) is 55.0 Å². The Bertz CT molecular complexity index is 1250. The summed E-state index contributed by atoms with van der Waals surface area (Å²) in [6.45, 7) is 5.33. The van der Waals surface area contributed by atoms with Gasteiger partial charge in [0.05, 0.1) is 19.0 Å². The van der Waals surface area contributed by atoms with Crippen molar-refractivity contribution in [3.63, 3.8) is 0 Å². The van der Waals surface area contributed by atoms with Crippen LogP contribution in [0.1, 0.15) is 64.9 Å². The average molecular weight is 501 g/mol. The van der Waals surface area contributed by atoms with Gasteiger partial charge in [0.25, 0.3) is 11.8 Å². The number of carbonyl (C=O) groups excluding carboxylic acids is 2. The molecule has 194 valence electrons. The first-order valence-corrected chi connectivity index (χ1v) is 13.1. The average Bonchev–Trinajstić information content (AvgIpc) is 3.49. The Morgan fingerprint density at radius 3 is 2.35 bits per heavy atom. The molecule has 0 aliphatic carbocycles. The molecule has 5 rings (SSSR count). The topological polar surface area (TPSA) is 74.8 Å². The number of hydrogen-bond donors (Lipinski definition) is 1. The molecule has 2 fully saturated rings. The highest BCUT2D eigenvalue weighted by atomic mass is 16.5. The van der Waals surface area contributed by atoms with Gasteiger partial charge in [-0.2, -0.15) is 0 Å². The second-order valence-corrected chi connectivity index (χ2v) is 9.92. The molecule has 0 atom stereocenters. The summed E-state index contributed by atoms with van der Waals surface area (Å²) in [6.07, 6.45) is 5.91. The molecular formula is C30H36N4O3. The monoisotopic (exact) mass is 500 g/mol. The molecular weight excluding hydrogens is 464 g/mol. The van der Waals surface area contributed by atoms with E-state index in [-0.39, 0.29) is 13.2 Å². The molecule has 2 saturated heterocycles. The molecule has 0 radical (unpaired) electrons. The van der Waals surface area contributed by atoms with Crippen molar-refractivity contribution in [2.24, 2.45) is 0 Å². The minimum Gasteiger partial charge on any atom is -0.497 e. The zero-order valence-corrected chi connectivity index (χ0v) is 21.6. The smallest absolute Gasteiger partial charge is 0.255 e. The van der Waals surface area contributed by atoms with Gasteiger partial charge in [-0.1, -0.05) is 18.2 Å². The van der Waals surface area contributed by atoms with Crippen molar-refractivity contribution in [2.45, 2.75) is 38.5 Å². The van der Waals surface area contributed by atoms with Crippen molar-refractivity contribution in [1.29, 1.82) is 0 Å². The number of amides is 2. The zero-order chi connectivity index (χ0) is 25.8. The van der Waals surface area contributed by atoms with Crippen LogP contribution in [0.25, 0.3) is 0 Å². The number of pyridine rings is 1. The predicted octanol–water partition coefficient (Wildman–Crippen LogP) is 5.52. The van der Waals surface area contributed by atoms with Crippen LogP contribution in [0.5, 0.6) is 5.75 Å². The second kappa shape index (κ2) is 11.0. The number of rotatable bonds is 6. The molecule has 0 unspecified atom stereocenters. The van der Waals surface area contributed by atoms with E-state index in [0.717, 1.165) is 43.1 Å². The third kappa shape index (κ3) is 5.61. The lowest BCUT2D eigenvalue weighted by Crippen LogP contribution is -2.38. The van der Waals surface area contributed by atoms with E-state index in [9.17, 15) is 9.59 Å². The highest BCUT2D eigenvalue weighted by Crippen LogP contribution is 2.30. The summed E-state index contributed by atoms with van der Waals surface area (Å²) in [5, 5.41) is 2.94. The van der Waals surface area contributed by atoms with E-state index in [1.54, 1.807) is 19.4 Å². The molecule has 0 saturated carbocycles. The van der Waals surface area contributed by atoms with Gasteiger partial charge in [-0.3, -0.25) is 9.59 Å². The standard InChI is InChI=1S/C30H34N4O3.H2/c1-21-5-6-24(30(36)34-17-13-23(14-18-34)22-7-10-26(37-2)11-8-22)19-27(21)29(35)32-25-9-12-28(31-20-25)33-15-3-4-16-33;/h5-12,19-20,23H,3-4,13-18H2,1-2H3,(H,32,35);1H. The third-order valence-corrected chi connectivity index (χ3v) is 7.53. The van der Waals surface area contributed by atoms with Crippen molar-refractivity contribution in [1.82, 2.24) is 9.88 Å². The number of nitrogens with one attached hydrogen (secondary N) is 1. The molecule has 2 amide bonds. The van der Waals surface area contributed by atoms with Crippen LogP contribution in [0.4, 0.5) is 11.5 Å². The summed E-state index contributed by atoms with van der Waals surface area (Å²) in [6, 6.07) is 17.4. The van der Waals surface area contributed by atoms with Crippen LogP contribution in [0, 0.1) is 6.92 Å². The zero-order valence-electron chi connectivity index (χ0n) is 21.6. The van der Waals surface area contributed by atoms with E-state index in [1.165, 1.54) is 18.4 Å². The van der Waals surface area contributed by atoms with Gasteiger partial charge in [0, 0.05) is 38.7 Å². The SMILES string of the molecule is COc1ccc(C2CCN(C(=O)c3ccc(C)c(C(=O)Nc4ccc(N5CCCC5)nc4)c3)CC2)cc1.[HH]. The summed E-state index contributed by atoms with van der Waals surface area (Å²) < 4.78 is 5.26. The number of piperidine rings is 1. The molecule has 1 N–H and O–H groups in total. The quantitative estimate of drug-likeness (QED) is 0.483. The molecule has 3 aromatic rings. The Morgan fingerprint density at radius 1 is 0.973 bits per heavy atom. The van der Waals surface area contributed by atoms with Crippen molar-refractivity contribution < 1.29 is 15.8 Å². The highest BCUT2D eigenvalue weighted by molar-refractivity contribution is 6.07. The number of likely N-dealkylation sites (tertiary alicyclic amines) is 1. The van der Waals surface area contributed by atoms with Gasteiger partial charge >= 0.3 is 0 Å². The third-order valence-electron chi connectivity index (χ3n) is 7.53. The summed E-state index contributed by atoms with van der Waals surface area (Å²) in [4.78, 5) is 35.1. The molecule has 2 aromatic carbocycles. The molecule has 0 spiro atoms. The minimum atomic E-state index is -0.235. The van der Waals surface area contributed by atoms with Gasteiger partial charge in [-0.15, -0.1) is 0 Å². The number of nitrogens with zero attached hydrogens (tertiary/aromatic N) is 3. The van der Waals surface area contributed by atoms with E-state index < -0.39 is 0 Å². The van der Waals surface area contributed by atoms with Crippen LogP contribution < -0.4 is 15.0 Å². The van der Waals surface area contributed by atoms with Crippen LogP contribution in [0.3, 0.4) is 0 Å². The predicted molar refractivity (Wildman–Crippen MR) is 148 cm³/mol. The van der Waals surface area contributed by atoms with E-state index in [1.807, 2.05) is 48.2 Å². The molecule has 0 bridgehead atoms. The Morgan fingerprint density at radius 2 is 1.70 bits per heavy atom. The van der Waals surface area contributed by atoms with Crippen LogP contribution >= 0.6 is 0 Å². The summed E-state index contributed by atoms with van der Waals surface area (Å²) in [7, 11) is 1.67. The number of methoxy groups -OCH3 is 1. The number of aromatic nitrogens is 1.